The van der Waals surface area contributed by atoms with E-state index >= 15 is 0 Å². The maximum Gasteiger partial charge on any atom is 0.290 e. The van der Waals surface area contributed by atoms with Crippen molar-refractivity contribution in [1.82, 2.24) is 15.4 Å². The molecule has 3 N–H and O–H groups in total. The number of phenols is 2. The summed E-state index contributed by atoms with van der Waals surface area (Å²) < 4.78 is 11.2. The number of benzene rings is 2. The number of piperidine rings is 1. The number of likely N-dealkylation sites (tertiary alicyclic amines) is 1. The second-order valence-electron chi connectivity index (χ2n) is 8.46. The van der Waals surface area contributed by atoms with Gasteiger partial charge in [0, 0.05) is 44.0 Å². The predicted octanol–water partition coefficient (Wildman–Crippen LogP) is 3.44. The van der Waals surface area contributed by atoms with Gasteiger partial charge in [-0.3, -0.25) is 4.79 Å². The maximum atomic E-state index is 12.6. The highest BCUT2D eigenvalue weighted by atomic mass is 16.5. The Bertz CT molecular complexity index is 1120. The van der Waals surface area contributed by atoms with Crippen LogP contribution in [0.15, 0.2) is 47.0 Å². The molecule has 0 radical (unpaired) electrons. The van der Waals surface area contributed by atoms with Gasteiger partial charge >= 0.3 is 0 Å². The molecule has 174 valence electrons. The van der Waals surface area contributed by atoms with Gasteiger partial charge in [-0.15, -0.1) is 0 Å². The fraction of sp³-hybridized carbons (Fsp3) is 0.333. The summed E-state index contributed by atoms with van der Waals surface area (Å²) in [6.07, 6.45) is 1.74. The zero-order chi connectivity index (χ0) is 23.5. The largest absolute Gasteiger partial charge is 0.508 e. The summed E-state index contributed by atoms with van der Waals surface area (Å²) in [4.78, 5) is 16.8. The highest BCUT2D eigenvalue weighted by molar-refractivity contribution is 5.93. The number of ether oxygens (including phenoxy) is 1. The Balaban J connectivity index is 1.56. The maximum absolute atomic E-state index is 12.6. The number of carbonyl (C=O) groups is 1. The molecule has 9 nitrogen and oxygen atoms in total. The second-order valence-corrected chi connectivity index (χ2v) is 8.46. The molecule has 1 aliphatic heterocycles. The first kappa shape index (κ1) is 22.5. The molecule has 1 fully saturated rings. The Morgan fingerprint density at radius 2 is 1.85 bits per heavy atom. The normalized spacial score (nSPS) is 14.8. The van der Waals surface area contributed by atoms with Crippen LogP contribution in [0.4, 0.5) is 5.69 Å². The number of anilines is 1. The number of rotatable bonds is 6. The smallest absolute Gasteiger partial charge is 0.290 e. The van der Waals surface area contributed by atoms with Crippen LogP contribution in [0, 0.1) is 0 Å². The molecule has 3 aromatic rings. The second kappa shape index (κ2) is 9.41. The highest BCUT2D eigenvalue weighted by Crippen LogP contribution is 2.42. The number of carbonyl (C=O) groups excluding carboxylic acids is 1. The van der Waals surface area contributed by atoms with E-state index in [1.165, 1.54) is 18.2 Å². The molecule has 0 spiro atoms. The van der Waals surface area contributed by atoms with E-state index in [-0.39, 0.29) is 46.2 Å². The van der Waals surface area contributed by atoms with Crippen LogP contribution in [-0.2, 0) is 0 Å². The number of nitrogens with zero attached hydrogens (tertiary/aromatic N) is 3. The predicted molar refractivity (Wildman–Crippen MR) is 124 cm³/mol. The number of aromatic nitrogens is 1. The van der Waals surface area contributed by atoms with Crippen LogP contribution in [0.3, 0.4) is 0 Å². The molecule has 1 aromatic heterocycles. The number of phenolic OH excluding ortho intramolecular Hbond substituents is 2. The lowest BCUT2D eigenvalue weighted by Gasteiger charge is -2.29. The van der Waals surface area contributed by atoms with Gasteiger partial charge in [-0.05, 0) is 57.2 Å². The van der Waals surface area contributed by atoms with Crippen LogP contribution in [0.5, 0.6) is 23.0 Å². The monoisotopic (exact) mass is 452 g/mol. The van der Waals surface area contributed by atoms with Crippen molar-refractivity contribution in [2.75, 3.05) is 39.1 Å². The number of hydrogen-bond acceptors (Lipinski definition) is 8. The topological polar surface area (TPSA) is 111 Å². The van der Waals surface area contributed by atoms with Crippen molar-refractivity contribution in [3.63, 3.8) is 0 Å². The molecule has 0 atom stereocenters. The first-order valence-corrected chi connectivity index (χ1v) is 10.8. The first-order chi connectivity index (χ1) is 15.8. The fourth-order valence-corrected chi connectivity index (χ4v) is 3.77. The van der Waals surface area contributed by atoms with Crippen molar-refractivity contribution < 1.29 is 24.3 Å². The van der Waals surface area contributed by atoms with E-state index < -0.39 is 0 Å². The molecule has 1 aliphatic rings. The fourth-order valence-electron chi connectivity index (χ4n) is 3.77. The van der Waals surface area contributed by atoms with Crippen LogP contribution >= 0.6 is 0 Å². The Kier molecular flexibility index (Phi) is 6.41. The standard InChI is InChI=1S/C24H28N4O5/c1-27(2)16-4-6-18(7-5-16)32-21-13-17(29)12-20(30)23(21)19-14-22(33-26-19)24(31)25-15-8-10-28(3)11-9-15/h4-7,12-15,29-30H,8-11H2,1-3H3,(H,25,31). The van der Waals surface area contributed by atoms with Gasteiger partial charge in [0.15, 0.2) is 0 Å². The van der Waals surface area contributed by atoms with Crippen molar-refractivity contribution in [1.29, 1.82) is 0 Å². The molecule has 0 unspecified atom stereocenters. The van der Waals surface area contributed by atoms with Crippen LogP contribution < -0.4 is 15.0 Å². The summed E-state index contributed by atoms with van der Waals surface area (Å²) in [7, 11) is 5.93. The van der Waals surface area contributed by atoms with Gasteiger partial charge < -0.3 is 34.6 Å². The third kappa shape index (κ3) is 5.20. The van der Waals surface area contributed by atoms with Gasteiger partial charge in [0.2, 0.25) is 5.76 Å². The number of aromatic hydroxyl groups is 2. The lowest BCUT2D eigenvalue weighted by Crippen LogP contribution is -2.43. The summed E-state index contributed by atoms with van der Waals surface area (Å²) >= 11 is 0. The van der Waals surface area contributed by atoms with Gasteiger partial charge in [0.05, 0.1) is 5.56 Å². The summed E-state index contributed by atoms with van der Waals surface area (Å²) in [5.41, 5.74) is 1.44. The van der Waals surface area contributed by atoms with Crippen LogP contribution in [-0.4, -0.2) is 66.5 Å². The molecule has 4 rings (SSSR count). The van der Waals surface area contributed by atoms with Crippen molar-refractivity contribution >= 4 is 11.6 Å². The summed E-state index contributed by atoms with van der Waals surface area (Å²) in [5, 5.41) is 27.5. The molecule has 2 heterocycles. The van der Waals surface area contributed by atoms with Crippen molar-refractivity contribution in [2.45, 2.75) is 18.9 Å². The summed E-state index contributed by atoms with van der Waals surface area (Å²) in [5.74, 6) is -0.0392. The molecule has 0 bridgehead atoms. The average Bonchev–Trinajstić information content (AvgIpc) is 3.25. The number of nitrogens with one attached hydrogen (secondary N) is 1. The quantitative estimate of drug-likeness (QED) is 0.522. The van der Waals surface area contributed by atoms with E-state index in [1.54, 1.807) is 12.1 Å². The molecule has 1 saturated heterocycles. The van der Waals surface area contributed by atoms with Gasteiger partial charge in [-0.25, -0.2) is 0 Å². The van der Waals surface area contributed by atoms with Crippen LogP contribution in [0.25, 0.3) is 11.3 Å². The van der Waals surface area contributed by atoms with Crippen LogP contribution in [0.2, 0.25) is 0 Å². The van der Waals surface area contributed by atoms with E-state index in [0.717, 1.165) is 31.6 Å². The number of amides is 1. The Labute approximate surface area is 192 Å². The van der Waals surface area contributed by atoms with Gasteiger partial charge in [0.25, 0.3) is 5.91 Å². The first-order valence-electron chi connectivity index (χ1n) is 10.8. The third-order valence-corrected chi connectivity index (χ3v) is 5.69. The Morgan fingerprint density at radius 1 is 1.15 bits per heavy atom. The van der Waals surface area contributed by atoms with E-state index in [2.05, 4.69) is 22.4 Å². The average molecular weight is 453 g/mol. The van der Waals surface area contributed by atoms with E-state index in [4.69, 9.17) is 9.26 Å². The molecule has 0 saturated carbocycles. The highest BCUT2D eigenvalue weighted by Gasteiger charge is 2.24. The van der Waals surface area contributed by atoms with Gasteiger partial charge in [-0.1, -0.05) is 5.16 Å². The minimum absolute atomic E-state index is 0.0395. The lowest BCUT2D eigenvalue weighted by molar-refractivity contribution is 0.0879. The Morgan fingerprint density at radius 3 is 2.52 bits per heavy atom. The zero-order valence-corrected chi connectivity index (χ0v) is 18.9. The van der Waals surface area contributed by atoms with E-state index in [0.29, 0.717) is 5.75 Å². The third-order valence-electron chi connectivity index (χ3n) is 5.69. The lowest BCUT2D eigenvalue weighted by atomic mass is 10.1. The molecular formula is C24H28N4O5. The van der Waals surface area contributed by atoms with E-state index in [9.17, 15) is 15.0 Å². The molecule has 9 heteroatoms. The van der Waals surface area contributed by atoms with Crippen molar-refractivity contribution in [2.24, 2.45) is 0 Å². The van der Waals surface area contributed by atoms with Gasteiger partial charge in [-0.2, -0.15) is 0 Å². The van der Waals surface area contributed by atoms with Crippen molar-refractivity contribution in [3.8, 4) is 34.3 Å². The molecule has 1 amide bonds. The Hall–Kier alpha value is -3.72. The summed E-state index contributed by atoms with van der Waals surface area (Å²) in [6.45, 7) is 1.84. The molecular weight excluding hydrogens is 424 g/mol. The number of hydrogen-bond donors (Lipinski definition) is 3. The molecule has 33 heavy (non-hydrogen) atoms. The molecule has 2 aromatic carbocycles. The van der Waals surface area contributed by atoms with Crippen LogP contribution in [0.1, 0.15) is 23.4 Å². The van der Waals surface area contributed by atoms with Gasteiger partial charge in [0.1, 0.15) is 28.7 Å². The minimum atomic E-state index is -0.358. The minimum Gasteiger partial charge on any atom is -0.508 e. The summed E-state index contributed by atoms with van der Waals surface area (Å²) in [6, 6.07) is 11.4. The van der Waals surface area contributed by atoms with E-state index in [1.807, 2.05) is 31.1 Å². The molecule has 0 aliphatic carbocycles. The van der Waals surface area contributed by atoms with Crippen molar-refractivity contribution in [3.05, 3.63) is 48.2 Å². The SMILES string of the molecule is CN1CCC(NC(=O)c2cc(-c3c(O)cc(O)cc3Oc3ccc(N(C)C)cc3)no2)CC1. The zero-order valence-electron chi connectivity index (χ0n) is 18.9.